The number of hydrogen-bond acceptors (Lipinski definition) is 2. The maximum absolute atomic E-state index is 10.5. The van der Waals surface area contributed by atoms with E-state index in [0.29, 0.717) is 6.42 Å². The number of methoxy groups -OCH3 is 1. The Balaban J connectivity index is 2.69. The van der Waals surface area contributed by atoms with Crippen LogP contribution in [0.4, 0.5) is 0 Å². The van der Waals surface area contributed by atoms with Gasteiger partial charge in [-0.05, 0) is 18.2 Å². The molecule has 0 fully saturated rings. The van der Waals surface area contributed by atoms with Crippen LogP contribution in [0.25, 0.3) is 10.9 Å². The normalized spacial score (nSPS) is 10.5. The molecule has 1 aromatic carbocycles. The largest absolute Gasteiger partial charge is 0.496 e. The Hall–Kier alpha value is -1.77. The fourth-order valence-corrected chi connectivity index (χ4v) is 1.85. The first-order valence-electron chi connectivity index (χ1n) is 4.83. The number of fused-ring (bicyclic) bond motifs is 1. The third kappa shape index (κ3) is 1.50. The molecule has 0 saturated heterocycles. The van der Waals surface area contributed by atoms with Gasteiger partial charge in [0.05, 0.1) is 12.6 Å². The number of carbonyl (C=O) groups excluding carboxylic acids is 1. The van der Waals surface area contributed by atoms with Gasteiger partial charge in [-0.1, -0.05) is 6.07 Å². The maximum Gasteiger partial charge on any atom is 0.128 e. The molecule has 3 nitrogen and oxygen atoms in total. The van der Waals surface area contributed by atoms with Crippen molar-refractivity contribution in [2.24, 2.45) is 7.05 Å². The van der Waals surface area contributed by atoms with Crippen LogP contribution in [0.1, 0.15) is 5.69 Å². The van der Waals surface area contributed by atoms with Crippen molar-refractivity contribution < 1.29 is 9.53 Å². The summed E-state index contributed by atoms with van der Waals surface area (Å²) in [5.41, 5.74) is 2.09. The number of hydrogen-bond donors (Lipinski definition) is 0. The molecule has 78 valence electrons. The molecule has 2 rings (SSSR count). The van der Waals surface area contributed by atoms with Gasteiger partial charge < -0.3 is 14.1 Å². The van der Waals surface area contributed by atoms with Crippen LogP contribution < -0.4 is 4.74 Å². The van der Waals surface area contributed by atoms with E-state index in [2.05, 4.69) is 0 Å². The minimum atomic E-state index is 0.439. The van der Waals surface area contributed by atoms with Crippen LogP contribution in [-0.2, 0) is 18.3 Å². The van der Waals surface area contributed by atoms with E-state index in [1.165, 1.54) is 0 Å². The third-order valence-electron chi connectivity index (χ3n) is 2.66. The van der Waals surface area contributed by atoms with E-state index in [-0.39, 0.29) is 0 Å². The van der Waals surface area contributed by atoms with Crippen LogP contribution in [-0.4, -0.2) is 18.0 Å². The van der Waals surface area contributed by atoms with Crippen molar-refractivity contribution in [2.45, 2.75) is 6.42 Å². The second-order valence-corrected chi connectivity index (χ2v) is 3.46. The maximum atomic E-state index is 10.5. The van der Waals surface area contributed by atoms with E-state index in [9.17, 15) is 4.79 Å². The fourth-order valence-electron chi connectivity index (χ4n) is 1.85. The molecule has 0 atom stereocenters. The highest BCUT2D eigenvalue weighted by molar-refractivity contribution is 5.88. The molecular weight excluding hydrogens is 190 g/mol. The highest BCUT2D eigenvalue weighted by Crippen LogP contribution is 2.27. The molecule has 1 aromatic heterocycles. The molecule has 0 N–H and O–H groups in total. The smallest absolute Gasteiger partial charge is 0.128 e. The lowest BCUT2D eigenvalue weighted by Gasteiger charge is -2.02. The van der Waals surface area contributed by atoms with Gasteiger partial charge in [0.25, 0.3) is 0 Å². The predicted molar refractivity (Wildman–Crippen MR) is 59.2 cm³/mol. The standard InChI is InChI=1S/C12H13NO2/c1-13-9(6-7-14)8-10-11(13)4-3-5-12(10)15-2/h3-5,7-8H,6H2,1-2H3. The average molecular weight is 203 g/mol. The summed E-state index contributed by atoms with van der Waals surface area (Å²) < 4.78 is 7.29. The van der Waals surface area contributed by atoms with Crippen LogP contribution >= 0.6 is 0 Å². The predicted octanol–water partition coefficient (Wildman–Crippen LogP) is 1.93. The summed E-state index contributed by atoms with van der Waals surface area (Å²) in [6, 6.07) is 7.90. The van der Waals surface area contributed by atoms with E-state index in [4.69, 9.17) is 4.74 Å². The molecule has 2 aromatic rings. The Morgan fingerprint density at radius 1 is 1.47 bits per heavy atom. The number of ether oxygens (including phenoxy) is 1. The minimum Gasteiger partial charge on any atom is -0.496 e. The van der Waals surface area contributed by atoms with Crippen LogP contribution in [0.15, 0.2) is 24.3 Å². The Morgan fingerprint density at radius 3 is 2.93 bits per heavy atom. The summed E-state index contributed by atoms with van der Waals surface area (Å²) in [6.07, 6.45) is 1.36. The van der Waals surface area contributed by atoms with Crippen molar-refractivity contribution in [3.63, 3.8) is 0 Å². The van der Waals surface area contributed by atoms with Crippen LogP contribution in [0, 0.1) is 0 Å². The highest BCUT2D eigenvalue weighted by atomic mass is 16.5. The van der Waals surface area contributed by atoms with Crippen molar-refractivity contribution in [1.82, 2.24) is 4.57 Å². The van der Waals surface area contributed by atoms with Gasteiger partial charge in [0.15, 0.2) is 0 Å². The summed E-state index contributed by atoms with van der Waals surface area (Å²) >= 11 is 0. The molecule has 0 aliphatic heterocycles. The zero-order valence-electron chi connectivity index (χ0n) is 8.86. The monoisotopic (exact) mass is 203 g/mol. The lowest BCUT2D eigenvalue weighted by Crippen LogP contribution is -1.96. The van der Waals surface area contributed by atoms with E-state index in [0.717, 1.165) is 28.6 Å². The van der Waals surface area contributed by atoms with Gasteiger partial charge in [-0.3, -0.25) is 0 Å². The van der Waals surface area contributed by atoms with Gasteiger partial charge in [-0.15, -0.1) is 0 Å². The number of benzene rings is 1. The van der Waals surface area contributed by atoms with Gasteiger partial charge in [-0.2, -0.15) is 0 Å². The zero-order valence-corrected chi connectivity index (χ0v) is 8.86. The number of carbonyl (C=O) groups is 1. The summed E-state index contributed by atoms with van der Waals surface area (Å²) in [6.45, 7) is 0. The molecule has 0 bridgehead atoms. The number of nitrogens with zero attached hydrogens (tertiary/aromatic N) is 1. The van der Waals surface area contributed by atoms with Crippen LogP contribution in [0.5, 0.6) is 5.75 Å². The number of aryl methyl sites for hydroxylation is 1. The first-order chi connectivity index (χ1) is 7.27. The lowest BCUT2D eigenvalue weighted by molar-refractivity contribution is -0.107. The van der Waals surface area contributed by atoms with E-state index >= 15 is 0 Å². The molecule has 0 aliphatic rings. The van der Waals surface area contributed by atoms with E-state index in [1.54, 1.807) is 7.11 Å². The molecule has 1 heterocycles. The van der Waals surface area contributed by atoms with Crippen molar-refractivity contribution >= 4 is 17.2 Å². The fraction of sp³-hybridized carbons (Fsp3) is 0.250. The molecule has 0 spiro atoms. The summed E-state index contributed by atoms with van der Waals surface area (Å²) in [7, 11) is 3.61. The average Bonchev–Trinajstić information content (AvgIpc) is 2.57. The topological polar surface area (TPSA) is 31.2 Å². The lowest BCUT2D eigenvalue weighted by atomic mass is 10.2. The van der Waals surface area contributed by atoms with Gasteiger partial charge >= 0.3 is 0 Å². The van der Waals surface area contributed by atoms with Gasteiger partial charge in [0, 0.05) is 24.5 Å². The molecule has 0 radical (unpaired) electrons. The minimum absolute atomic E-state index is 0.439. The molecular formula is C12H13NO2. The molecule has 15 heavy (non-hydrogen) atoms. The van der Waals surface area contributed by atoms with Crippen LogP contribution in [0.2, 0.25) is 0 Å². The Kier molecular flexibility index (Phi) is 2.46. The number of aldehydes is 1. The second kappa shape index (κ2) is 3.77. The first kappa shape index (κ1) is 9.77. The highest BCUT2D eigenvalue weighted by Gasteiger charge is 2.08. The van der Waals surface area contributed by atoms with Crippen LogP contribution in [0.3, 0.4) is 0 Å². The molecule has 0 amide bonds. The summed E-state index contributed by atoms with van der Waals surface area (Å²) in [5, 5.41) is 1.05. The first-order valence-corrected chi connectivity index (χ1v) is 4.83. The third-order valence-corrected chi connectivity index (χ3v) is 2.66. The Morgan fingerprint density at radius 2 is 2.27 bits per heavy atom. The Labute approximate surface area is 88.3 Å². The summed E-state index contributed by atoms with van der Waals surface area (Å²) in [4.78, 5) is 10.5. The van der Waals surface area contributed by atoms with Crippen molar-refractivity contribution in [3.05, 3.63) is 30.0 Å². The zero-order chi connectivity index (χ0) is 10.8. The van der Waals surface area contributed by atoms with Crippen molar-refractivity contribution in [2.75, 3.05) is 7.11 Å². The second-order valence-electron chi connectivity index (χ2n) is 3.46. The van der Waals surface area contributed by atoms with Gasteiger partial charge in [-0.25, -0.2) is 0 Å². The molecule has 0 unspecified atom stereocenters. The SMILES string of the molecule is COc1cccc2c1cc(CC=O)n2C. The molecule has 0 saturated carbocycles. The number of aromatic nitrogens is 1. The van der Waals surface area contributed by atoms with Gasteiger partial charge in [0.1, 0.15) is 12.0 Å². The number of rotatable bonds is 3. The summed E-state index contributed by atoms with van der Waals surface area (Å²) in [5.74, 6) is 0.847. The van der Waals surface area contributed by atoms with Crippen molar-refractivity contribution in [3.8, 4) is 5.75 Å². The van der Waals surface area contributed by atoms with E-state index in [1.807, 2.05) is 35.9 Å². The van der Waals surface area contributed by atoms with E-state index < -0.39 is 0 Å². The van der Waals surface area contributed by atoms with Crippen molar-refractivity contribution in [1.29, 1.82) is 0 Å². The molecule has 3 heteroatoms. The Bertz CT molecular complexity index is 500. The van der Waals surface area contributed by atoms with Gasteiger partial charge in [0.2, 0.25) is 0 Å². The molecule has 0 aliphatic carbocycles. The quantitative estimate of drug-likeness (QED) is 0.714.